The van der Waals surface area contributed by atoms with Gasteiger partial charge < -0.3 is 15.2 Å². The fraction of sp³-hybridized carbons (Fsp3) is 0.538. The molecule has 1 aromatic rings. The summed E-state index contributed by atoms with van der Waals surface area (Å²) in [5.41, 5.74) is 0.905. The van der Waals surface area contributed by atoms with E-state index in [0.717, 1.165) is 32.8 Å². The average Bonchev–Trinajstić information content (AvgIpc) is 2.43. The summed E-state index contributed by atoms with van der Waals surface area (Å²) in [5.74, 6) is -0.545. The Hall–Kier alpha value is -1.18. The zero-order chi connectivity index (χ0) is 14.5. The standard InChI is InChI=1S/C13H18BrN3O3/c1-9-10(14)8-16-12(11(9)13(18)19)15-2-3-17-4-6-20-7-5-17/h8H,2-7H2,1H3,(H,15,16)(H,18,19). The molecule has 20 heavy (non-hydrogen) atoms. The van der Waals surface area contributed by atoms with Crippen LogP contribution in [0.15, 0.2) is 10.7 Å². The number of nitrogens with one attached hydrogen (secondary N) is 1. The predicted molar refractivity (Wildman–Crippen MR) is 79.4 cm³/mol. The second kappa shape index (κ2) is 7.01. The molecule has 0 unspecified atom stereocenters. The molecule has 0 atom stereocenters. The van der Waals surface area contributed by atoms with Crippen LogP contribution >= 0.6 is 15.9 Å². The summed E-state index contributed by atoms with van der Waals surface area (Å²) in [6.07, 6.45) is 1.62. The highest BCUT2D eigenvalue weighted by molar-refractivity contribution is 9.10. The van der Waals surface area contributed by atoms with Crippen molar-refractivity contribution in [1.29, 1.82) is 0 Å². The van der Waals surface area contributed by atoms with E-state index in [-0.39, 0.29) is 5.56 Å². The number of rotatable bonds is 5. The van der Waals surface area contributed by atoms with Crippen molar-refractivity contribution in [1.82, 2.24) is 9.88 Å². The highest BCUT2D eigenvalue weighted by atomic mass is 79.9. The lowest BCUT2D eigenvalue weighted by Crippen LogP contribution is -2.39. The number of morpholine rings is 1. The highest BCUT2D eigenvalue weighted by Gasteiger charge is 2.17. The minimum atomic E-state index is -0.967. The normalized spacial score (nSPS) is 16.1. The van der Waals surface area contributed by atoms with Gasteiger partial charge in [0.25, 0.3) is 0 Å². The molecular formula is C13H18BrN3O3. The van der Waals surface area contributed by atoms with Gasteiger partial charge in [-0.25, -0.2) is 9.78 Å². The maximum Gasteiger partial charge on any atom is 0.339 e. The van der Waals surface area contributed by atoms with E-state index >= 15 is 0 Å². The number of carbonyl (C=O) groups is 1. The van der Waals surface area contributed by atoms with Crippen LogP contribution < -0.4 is 5.32 Å². The van der Waals surface area contributed by atoms with E-state index in [4.69, 9.17) is 4.74 Å². The van der Waals surface area contributed by atoms with E-state index in [1.54, 1.807) is 13.1 Å². The molecule has 0 bridgehead atoms. The molecule has 1 aliphatic heterocycles. The molecule has 7 heteroatoms. The molecule has 1 fully saturated rings. The largest absolute Gasteiger partial charge is 0.478 e. The smallest absolute Gasteiger partial charge is 0.339 e. The first-order valence-electron chi connectivity index (χ1n) is 6.52. The third-order valence-corrected chi connectivity index (χ3v) is 4.11. The Morgan fingerprint density at radius 3 is 2.90 bits per heavy atom. The molecular weight excluding hydrogens is 326 g/mol. The predicted octanol–water partition coefficient (Wildman–Crippen LogP) is 1.59. The third kappa shape index (κ3) is 3.68. The Kier molecular flexibility index (Phi) is 5.33. The number of pyridine rings is 1. The first-order chi connectivity index (χ1) is 9.59. The van der Waals surface area contributed by atoms with E-state index in [0.29, 0.717) is 22.4 Å². The molecule has 0 amide bonds. The lowest BCUT2D eigenvalue weighted by Gasteiger charge is -2.26. The van der Waals surface area contributed by atoms with Crippen LogP contribution in [-0.2, 0) is 4.74 Å². The van der Waals surface area contributed by atoms with Gasteiger partial charge in [0, 0.05) is 36.8 Å². The first-order valence-corrected chi connectivity index (χ1v) is 7.31. The van der Waals surface area contributed by atoms with Gasteiger partial charge in [0.15, 0.2) is 0 Å². The monoisotopic (exact) mass is 343 g/mol. The molecule has 1 aliphatic rings. The lowest BCUT2D eigenvalue weighted by atomic mass is 10.1. The molecule has 1 saturated heterocycles. The molecule has 2 heterocycles. The molecule has 2 N–H and O–H groups in total. The van der Waals surface area contributed by atoms with Gasteiger partial charge in [-0.3, -0.25) is 4.90 Å². The Morgan fingerprint density at radius 1 is 1.55 bits per heavy atom. The number of nitrogens with zero attached hydrogens (tertiary/aromatic N) is 2. The number of hydrogen-bond donors (Lipinski definition) is 2. The maximum atomic E-state index is 11.3. The second-order valence-corrected chi connectivity index (χ2v) is 5.50. The topological polar surface area (TPSA) is 74.7 Å². The SMILES string of the molecule is Cc1c(Br)cnc(NCCN2CCOCC2)c1C(=O)O. The first kappa shape index (κ1) is 15.2. The molecule has 0 aromatic carbocycles. The fourth-order valence-electron chi connectivity index (χ4n) is 2.13. The number of hydrogen-bond acceptors (Lipinski definition) is 5. The van der Waals surface area contributed by atoms with Gasteiger partial charge in [-0.2, -0.15) is 0 Å². The fourth-order valence-corrected chi connectivity index (χ4v) is 2.43. The summed E-state index contributed by atoms with van der Waals surface area (Å²) in [5, 5.41) is 12.4. The number of aromatic carboxylic acids is 1. The number of anilines is 1. The van der Waals surface area contributed by atoms with Crippen molar-refractivity contribution in [3.05, 3.63) is 21.8 Å². The van der Waals surface area contributed by atoms with Crippen molar-refractivity contribution >= 4 is 27.7 Å². The van der Waals surface area contributed by atoms with Gasteiger partial charge in [-0.05, 0) is 28.4 Å². The van der Waals surface area contributed by atoms with Crippen LogP contribution in [0.1, 0.15) is 15.9 Å². The van der Waals surface area contributed by atoms with E-state index in [1.807, 2.05) is 0 Å². The van der Waals surface area contributed by atoms with Gasteiger partial charge >= 0.3 is 5.97 Å². The number of ether oxygens (including phenoxy) is 1. The molecule has 0 spiro atoms. The Morgan fingerprint density at radius 2 is 2.25 bits per heavy atom. The molecule has 0 saturated carbocycles. The van der Waals surface area contributed by atoms with Gasteiger partial charge in [0.1, 0.15) is 11.4 Å². The van der Waals surface area contributed by atoms with Crippen LogP contribution in [0.5, 0.6) is 0 Å². The second-order valence-electron chi connectivity index (χ2n) is 4.64. The number of carboxylic acid groups (broad SMARTS) is 1. The minimum absolute atomic E-state index is 0.223. The molecule has 110 valence electrons. The van der Waals surface area contributed by atoms with Gasteiger partial charge in [-0.15, -0.1) is 0 Å². The molecule has 2 rings (SSSR count). The molecule has 6 nitrogen and oxygen atoms in total. The van der Waals surface area contributed by atoms with Crippen molar-refractivity contribution in [3.63, 3.8) is 0 Å². The van der Waals surface area contributed by atoms with Crippen LogP contribution in [0.2, 0.25) is 0 Å². The molecule has 1 aromatic heterocycles. The summed E-state index contributed by atoms with van der Waals surface area (Å²) in [4.78, 5) is 17.8. The zero-order valence-corrected chi connectivity index (χ0v) is 12.9. The van der Waals surface area contributed by atoms with E-state index in [1.165, 1.54) is 0 Å². The van der Waals surface area contributed by atoms with Crippen molar-refractivity contribution in [2.24, 2.45) is 0 Å². The average molecular weight is 344 g/mol. The highest BCUT2D eigenvalue weighted by Crippen LogP contribution is 2.24. The number of halogens is 1. The van der Waals surface area contributed by atoms with Gasteiger partial charge in [-0.1, -0.05) is 0 Å². The maximum absolute atomic E-state index is 11.3. The van der Waals surface area contributed by atoms with Crippen molar-refractivity contribution in [2.75, 3.05) is 44.7 Å². The summed E-state index contributed by atoms with van der Waals surface area (Å²) in [6, 6.07) is 0. The van der Waals surface area contributed by atoms with Crippen molar-refractivity contribution in [2.45, 2.75) is 6.92 Å². The molecule has 0 aliphatic carbocycles. The Balaban J connectivity index is 1.98. The van der Waals surface area contributed by atoms with Crippen molar-refractivity contribution < 1.29 is 14.6 Å². The number of carboxylic acids is 1. The zero-order valence-electron chi connectivity index (χ0n) is 11.4. The van der Waals surface area contributed by atoms with Crippen molar-refractivity contribution in [3.8, 4) is 0 Å². The van der Waals surface area contributed by atoms with Gasteiger partial charge in [0.2, 0.25) is 0 Å². The van der Waals surface area contributed by atoms with Crippen LogP contribution in [0.4, 0.5) is 5.82 Å². The summed E-state index contributed by atoms with van der Waals surface area (Å²) in [7, 11) is 0. The van der Waals surface area contributed by atoms with Gasteiger partial charge in [0.05, 0.1) is 13.2 Å². The van der Waals surface area contributed by atoms with E-state index in [2.05, 4.69) is 31.1 Å². The van der Waals surface area contributed by atoms with E-state index in [9.17, 15) is 9.90 Å². The van der Waals surface area contributed by atoms with Crippen LogP contribution in [-0.4, -0.2) is 60.4 Å². The third-order valence-electron chi connectivity index (χ3n) is 3.32. The summed E-state index contributed by atoms with van der Waals surface area (Å²) in [6.45, 7) is 6.63. The van der Waals surface area contributed by atoms with E-state index < -0.39 is 5.97 Å². The number of aromatic nitrogens is 1. The van der Waals surface area contributed by atoms with Crippen LogP contribution in [0.25, 0.3) is 0 Å². The van der Waals surface area contributed by atoms with Crippen LogP contribution in [0.3, 0.4) is 0 Å². The summed E-state index contributed by atoms with van der Waals surface area (Å²) < 4.78 is 5.99. The minimum Gasteiger partial charge on any atom is -0.478 e. The lowest BCUT2D eigenvalue weighted by molar-refractivity contribution is 0.0398. The van der Waals surface area contributed by atoms with Crippen LogP contribution in [0, 0.1) is 6.92 Å². The Labute approximate surface area is 126 Å². The summed E-state index contributed by atoms with van der Waals surface area (Å²) >= 11 is 3.30. The Bertz CT molecular complexity index is 490. The molecule has 0 radical (unpaired) electrons. The quantitative estimate of drug-likeness (QED) is 0.845.